The monoisotopic (exact) mass is 286 g/mol. The number of nitrogens with one attached hydrogen (secondary N) is 1. The third-order valence-corrected chi connectivity index (χ3v) is 4.03. The fraction of sp³-hybridized carbons (Fsp3) is 0.533. The number of hydrogen-bond acceptors (Lipinski definition) is 5. The second kappa shape index (κ2) is 5.81. The molecule has 6 nitrogen and oxygen atoms in total. The van der Waals surface area contributed by atoms with E-state index in [-0.39, 0.29) is 0 Å². The maximum absolute atomic E-state index is 4.78. The third kappa shape index (κ3) is 2.76. The second-order valence-electron chi connectivity index (χ2n) is 5.50. The van der Waals surface area contributed by atoms with Crippen LogP contribution in [0.15, 0.2) is 12.3 Å². The van der Waals surface area contributed by atoms with Crippen LogP contribution in [0.4, 0.5) is 5.95 Å². The van der Waals surface area contributed by atoms with E-state index in [1.54, 1.807) is 0 Å². The summed E-state index contributed by atoms with van der Waals surface area (Å²) in [5, 5.41) is 7.88. The Bertz CT molecular complexity index is 625. The van der Waals surface area contributed by atoms with Crippen molar-refractivity contribution < 1.29 is 0 Å². The summed E-state index contributed by atoms with van der Waals surface area (Å²) in [6.07, 6.45) is 2.97. The Balaban J connectivity index is 1.96. The molecule has 0 saturated carbocycles. The van der Waals surface area contributed by atoms with E-state index in [2.05, 4.69) is 27.2 Å². The maximum atomic E-state index is 4.78. The van der Waals surface area contributed by atoms with Crippen molar-refractivity contribution in [1.82, 2.24) is 25.1 Å². The van der Waals surface area contributed by atoms with Gasteiger partial charge >= 0.3 is 0 Å². The summed E-state index contributed by atoms with van der Waals surface area (Å²) >= 11 is 0. The summed E-state index contributed by atoms with van der Waals surface area (Å²) in [4.78, 5) is 11.5. The van der Waals surface area contributed by atoms with Crippen LogP contribution in [0.25, 0.3) is 11.3 Å². The average molecular weight is 286 g/mol. The molecule has 0 radical (unpaired) electrons. The SMILES string of the molecule is Cc1nn(C)c(C)c1-c1ccnc(N2CCCNCC2)n1. The van der Waals surface area contributed by atoms with E-state index in [1.807, 2.05) is 30.9 Å². The van der Waals surface area contributed by atoms with Gasteiger partial charge in [-0.2, -0.15) is 5.10 Å². The van der Waals surface area contributed by atoms with Crippen molar-refractivity contribution in [2.75, 3.05) is 31.1 Å². The lowest BCUT2D eigenvalue weighted by molar-refractivity contribution is 0.724. The first-order chi connectivity index (χ1) is 10.2. The standard InChI is InChI=1S/C15H22N6/c1-11-14(12(2)20(3)19-11)13-5-7-17-15(18-13)21-9-4-6-16-8-10-21/h5,7,16H,4,6,8-10H2,1-3H3. The smallest absolute Gasteiger partial charge is 0.225 e. The van der Waals surface area contributed by atoms with Gasteiger partial charge in [0.05, 0.1) is 11.4 Å². The van der Waals surface area contributed by atoms with Crippen LogP contribution in [0.5, 0.6) is 0 Å². The molecule has 0 aliphatic carbocycles. The molecule has 3 heterocycles. The van der Waals surface area contributed by atoms with Crippen LogP contribution in [0.3, 0.4) is 0 Å². The first-order valence-corrected chi connectivity index (χ1v) is 7.46. The van der Waals surface area contributed by atoms with Gasteiger partial charge in [0, 0.05) is 44.1 Å². The molecule has 1 fully saturated rings. The zero-order valence-electron chi connectivity index (χ0n) is 12.9. The molecule has 0 unspecified atom stereocenters. The minimum Gasteiger partial charge on any atom is -0.339 e. The Morgan fingerprint density at radius 1 is 1.19 bits per heavy atom. The molecule has 0 atom stereocenters. The van der Waals surface area contributed by atoms with Crippen molar-refractivity contribution in [3.05, 3.63) is 23.7 Å². The van der Waals surface area contributed by atoms with Gasteiger partial charge in [-0.1, -0.05) is 0 Å². The normalized spacial score (nSPS) is 16.0. The van der Waals surface area contributed by atoms with Crippen molar-refractivity contribution in [3.63, 3.8) is 0 Å². The third-order valence-electron chi connectivity index (χ3n) is 4.03. The van der Waals surface area contributed by atoms with Gasteiger partial charge in [-0.15, -0.1) is 0 Å². The zero-order chi connectivity index (χ0) is 14.8. The van der Waals surface area contributed by atoms with E-state index in [0.29, 0.717) is 0 Å². The van der Waals surface area contributed by atoms with Crippen LogP contribution in [0.2, 0.25) is 0 Å². The Hall–Kier alpha value is -1.95. The Morgan fingerprint density at radius 2 is 2.05 bits per heavy atom. The average Bonchev–Trinajstić information content (AvgIpc) is 2.69. The molecule has 2 aromatic heterocycles. The van der Waals surface area contributed by atoms with E-state index in [0.717, 1.165) is 61.2 Å². The van der Waals surface area contributed by atoms with Gasteiger partial charge in [0.25, 0.3) is 0 Å². The second-order valence-corrected chi connectivity index (χ2v) is 5.50. The lowest BCUT2D eigenvalue weighted by Gasteiger charge is -2.20. The predicted octanol–water partition coefficient (Wildman–Crippen LogP) is 1.29. The van der Waals surface area contributed by atoms with Crippen molar-refractivity contribution in [3.8, 4) is 11.3 Å². The van der Waals surface area contributed by atoms with Gasteiger partial charge in [-0.3, -0.25) is 4.68 Å². The first-order valence-electron chi connectivity index (χ1n) is 7.46. The number of aryl methyl sites for hydroxylation is 2. The Kier molecular flexibility index (Phi) is 3.88. The van der Waals surface area contributed by atoms with Gasteiger partial charge in [0.2, 0.25) is 5.95 Å². The number of hydrogen-bond donors (Lipinski definition) is 1. The van der Waals surface area contributed by atoms with Crippen molar-refractivity contribution in [2.24, 2.45) is 7.05 Å². The summed E-state index contributed by atoms with van der Waals surface area (Å²) < 4.78 is 1.91. The highest BCUT2D eigenvalue weighted by atomic mass is 15.3. The first kappa shape index (κ1) is 14.0. The number of anilines is 1. The molecule has 6 heteroatoms. The summed E-state index contributed by atoms with van der Waals surface area (Å²) in [5.74, 6) is 0.818. The van der Waals surface area contributed by atoms with Crippen LogP contribution >= 0.6 is 0 Å². The van der Waals surface area contributed by atoms with Crippen molar-refractivity contribution in [1.29, 1.82) is 0 Å². The molecule has 0 spiro atoms. The van der Waals surface area contributed by atoms with Crippen LogP contribution in [0, 0.1) is 13.8 Å². The summed E-state index contributed by atoms with van der Waals surface area (Å²) in [6, 6.07) is 1.97. The molecule has 2 aromatic rings. The van der Waals surface area contributed by atoms with Gasteiger partial charge in [0.1, 0.15) is 0 Å². The highest BCUT2D eigenvalue weighted by Gasteiger charge is 2.16. The highest BCUT2D eigenvalue weighted by molar-refractivity contribution is 5.65. The van der Waals surface area contributed by atoms with Crippen molar-refractivity contribution >= 4 is 5.95 Å². The molecule has 1 aliphatic heterocycles. The summed E-state index contributed by atoms with van der Waals surface area (Å²) in [6.45, 7) is 8.11. The minimum absolute atomic E-state index is 0.818. The highest BCUT2D eigenvalue weighted by Crippen LogP contribution is 2.25. The Labute approximate surface area is 125 Å². The minimum atomic E-state index is 0.818. The van der Waals surface area contributed by atoms with E-state index >= 15 is 0 Å². The van der Waals surface area contributed by atoms with E-state index in [1.165, 1.54) is 0 Å². The van der Waals surface area contributed by atoms with Crippen LogP contribution in [0.1, 0.15) is 17.8 Å². The quantitative estimate of drug-likeness (QED) is 0.901. The molecule has 0 bridgehead atoms. The predicted molar refractivity (Wildman–Crippen MR) is 83.4 cm³/mol. The fourth-order valence-electron chi connectivity index (χ4n) is 2.83. The van der Waals surface area contributed by atoms with Gasteiger partial charge in [-0.25, -0.2) is 9.97 Å². The lowest BCUT2D eigenvalue weighted by Crippen LogP contribution is -2.29. The van der Waals surface area contributed by atoms with Gasteiger partial charge in [0.15, 0.2) is 0 Å². The molecule has 1 saturated heterocycles. The summed E-state index contributed by atoms with van der Waals surface area (Å²) in [7, 11) is 1.97. The van der Waals surface area contributed by atoms with Crippen LogP contribution in [-0.4, -0.2) is 45.9 Å². The fourth-order valence-corrected chi connectivity index (χ4v) is 2.83. The Morgan fingerprint density at radius 3 is 2.81 bits per heavy atom. The molecule has 3 rings (SSSR count). The van der Waals surface area contributed by atoms with Crippen LogP contribution < -0.4 is 10.2 Å². The van der Waals surface area contributed by atoms with E-state index in [4.69, 9.17) is 4.98 Å². The van der Waals surface area contributed by atoms with E-state index < -0.39 is 0 Å². The van der Waals surface area contributed by atoms with Gasteiger partial charge < -0.3 is 10.2 Å². The molecule has 0 aromatic carbocycles. The molecular formula is C15H22N6. The largest absolute Gasteiger partial charge is 0.339 e. The number of rotatable bonds is 2. The molecule has 1 aliphatic rings. The van der Waals surface area contributed by atoms with E-state index in [9.17, 15) is 0 Å². The molecule has 112 valence electrons. The molecular weight excluding hydrogens is 264 g/mol. The lowest BCUT2D eigenvalue weighted by atomic mass is 10.1. The van der Waals surface area contributed by atoms with Crippen LogP contribution in [-0.2, 0) is 7.05 Å². The number of nitrogens with zero attached hydrogens (tertiary/aromatic N) is 5. The molecule has 0 amide bonds. The zero-order valence-corrected chi connectivity index (χ0v) is 12.9. The molecule has 1 N–H and O–H groups in total. The topological polar surface area (TPSA) is 58.9 Å². The van der Waals surface area contributed by atoms with Crippen molar-refractivity contribution in [2.45, 2.75) is 20.3 Å². The maximum Gasteiger partial charge on any atom is 0.225 e. The molecule has 21 heavy (non-hydrogen) atoms. The number of aromatic nitrogens is 4. The summed E-state index contributed by atoms with van der Waals surface area (Å²) in [5.41, 5.74) is 4.22. The van der Waals surface area contributed by atoms with Gasteiger partial charge in [-0.05, 0) is 32.9 Å².